The molecule has 3 heterocycles. The molecule has 1 fully saturated rings. The number of nitrogens with one attached hydrogen (secondary N) is 1. The second kappa shape index (κ2) is 7.99. The van der Waals surface area contributed by atoms with Crippen molar-refractivity contribution in [3.05, 3.63) is 58.0 Å². The summed E-state index contributed by atoms with van der Waals surface area (Å²) in [5, 5.41) is 4.76. The summed E-state index contributed by atoms with van der Waals surface area (Å²) in [5.41, 5.74) is 1.42. The van der Waals surface area contributed by atoms with Crippen LogP contribution in [0.15, 0.2) is 46.7 Å². The molecule has 0 bridgehead atoms. The summed E-state index contributed by atoms with van der Waals surface area (Å²) in [4.78, 5) is 33.9. The van der Waals surface area contributed by atoms with E-state index < -0.39 is 0 Å². The molecule has 2 amide bonds. The van der Waals surface area contributed by atoms with Crippen molar-refractivity contribution in [1.29, 1.82) is 0 Å². The minimum absolute atomic E-state index is 0.0578. The molecule has 1 aromatic carbocycles. The van der Waals surface area contributed by atoms with Crippen molar-refractivity contribution in [1.82, 2.24) is 19.2 Å². The van der Waals surface area contributed by atoms with E-state index >= 15 is 0 Å². The Morgan fingerprint density at radius 3 is 2.86 bits per heavy atom. The molecule has 9 heteroatoms. The Morgan fingerprint density at radius 2 is 2.07 bits per heavy atom. The summed E-state index contributed by atoms with van der Waals surface area (Å²) >= 11 is 1.45. The second-order valence-corrected chi connectivity index (χ2v) is 7.44. The van der Waals surface area contributed by atoms with Crippen LogP contribution < -0.4 is 15.6 Å². The van der Waals surface area contributed by atoms with Gasteiger partial charge >= 0.3 is 6.03 Å². The molecule has 0 spiro atoms. The minimum atomic E-state index is -0.121. The standard InChI is InChI=1S/C19H21N5O3S/c1-27-16-4-2-3-14(11-16)20-18(26)23-7-5-22(6-8-23)13-15-12-17(25)24-9-10-28-19(24)21-15/h2-4,9-12H,5-8,13H2,1H3,(H,20,26). The minimum Gasteiger partial charge on any atom is -0.497 e. The van der Waals surface area contributed by atoms with Crippen LogP contribution >= 0.6 is 11.3 Å². The molecule has 146 valence electrons. The Hall–Kier alpha value is -2.91. The summed E-state index contributed by atoms with van der Waals surface area (Å²) < 4.78 is 6.73. The maximum Gasteiger partial charge on any atom is 0.321 e. The lowest BCUT2D eigenvalue weighted by molar-refractivity contribution is 0.142. The molecule has 0 atom stereocenters. The van der Waals surface area contributed by atoms with Gasteiger partial charge in [-0.15, -0.1) is 11.3 Å². The van der Waals surface area contributed by atoms with Gasteiger partial charge in [0.25, 0.3) is 5.56 Å². The molecule has 0 radical (unpaired) electrons. The molecular weight excluding hydrogens is 378 g/mol. The average molecular weight is 399 g/mol. The number of aromatic nitrogens is 2. The van der Waals surface area contributed by atoms with Crippen LogP contribution in [0, 0.1) is 0 Å². The first-order chi connectivity index (χ1) is 13.6. The third kappa shape index (κ3) is 4.00. The van der Waals surface area contributed by atoms with E-state index in [4.69, 9.17) is 4.74 Å². The number of amides is 2. The van der Waals surface area contributed by atoms with Crippen LogP contribution in [-0.2, 0) is 6.54 Å². The van der Waals surface area contributed by atoms with E-state index in [-0.39, 0.29) is 11.6 Å². The number of piperazine rings is 1. The Balaban J connectivity index is 1.33. The molecular formula is C19H21N5O3S. The normalized spacial score (nSPS) is 15.0. The zero-order valence-corrected chi connectivity index (χ0v) is 16.3. The fraction of sp³-hybridized carbons (Fsp3) is 0.316. The second-order valence-electron chi connectivity index (χ2n) is 6.57. The van der Waals surface area contributed by atoms with Gasteiger partial charge < -0.3 is 15.0 Å². The number of nitrogens with zero attached hydrogens (tertiary/aromatic N) is 4. The summed E-state index contributed by atoms with van der Waals surface area (Å²) in [6, 6.07) is 8.76. The van der Waals surface area contributed by atoms with Gasteiger partial charge in [-0.05, 0) is 12.1 Å². The predicted molar refractivity (Wildman–Crippen MR) is 108 cm³/mol. The lowest BCUT2D eigenvalue weighted by Crippen LogP contribution is -2.49. The number of carbonyl (C=O) groups is 1. The molecule has 1 saturated heterocycles. The van der Waals surface area contributed by atoms with Gasteiger partial charge in [-0.25, -0.2) is 9.78 Å². The number of hydrogen-bond donors (Lipinski definition) is 1. The number of benzene rings is 1. The van der Waals surface area contributed by atoms with Gasteiger partial charge in [-0.1, -0.05) is 6.07 Å². The predicted octanol–water partition coefficient (Wildman–Crippen LogP) is 2.11. The zero-order chi connectivity index (χ0) is 19.5. The molecule has 0 unspecified atom stereocenters. The van der Waals surface area contributed by atoms with Crippen LogP contribution in [0.3, 0.4) is 0 Å². The van der Waals surface area contributed by atoms with Crippen molar-refractivity contribution in [2.75, 3.05) is 38.6 Å². The maximum absolute atomic E-state index is 12.5. The summed E-state index contributed by atoms with van der Waals surface area (Å²) in [7, 11) is 1.60. The first-order valence-corrected chi connectivity index (χ1v) is 9.88. The number of methoxy groups -OCH3 is 1. The molecule has 0 aliphatic carbocycles. The number of carbonyl (C=O) groups excluding carboxylic acids is 1. The third-order valence-corrected chi connectivity index (χ3v) is 5.48. The van der Waals surface area contributed by atoms with Crippen molar-refractivity contribution in [2.45, 2.75) is 6.54 Å². The molecule has 1 aliphatic heterocycles. The van der Waals surface area contributed by atoms with Crippen LogP contribution in [-0.4, -0.2) is 58.5 Å². The number of ether oxygens (including phenoxy) is 1. The van der Waals surface area contributed by atoms with E-state index in [0.717, 1.165) is 18.8 Å². The lowest BCUT2D eigenvalue weighted by Gasteiger charge is -2.34. The highest BCUT2D eigenvalue weighted by Crippen LogP contribution is 2.17. The fourth-order valence-electron chi connectivity index (χ4n) is 3.21. The smallest absolute Gasteiger partial charge is 0.321 e. The Bertz CT molecular complexity index is 1040. The van der Waals surface area contributed by atoms with E-state index in [1.165, 1.54) is 11.3 Å². The van der Waals surface area contributed by atoms with E-state index in [1.54, 1.807) is 34.7 Å². The van der Waals surface area contributed by atoms with E-state index in [0.29, 0.717) is 36.0 Å². The van der Waals surface area contributed by atoms with Gasteiger partial charge in [0.15, 0.2) is 4.96 Å². The molecule has 2 aromatic heterocycles. The first kappa shape index (κ1) is 18.5. The quantitative estimate of drug-likeness (QED) is 0.727. The van der Waals surface area contributed by atoms with Gasteiger partial charge in [-0.2, -0.15) is 0 Å². The van der Waals surface area contributed by atoms with E-state index in [9.17, 15) is 9.59 Å². The monoisotopic (exact) mass is 399 g/mol. The van der Waals surface area contributed by atoms with Gasteiger partial charge in [0.2, 0.25) is 0 Å². The topological polar surface area (TPSA) is 79.2 Å². The number of rotatable bonds is 4. The largest absolute Gasteiger partial charge is 0.497 e. The summed E-state index contributed by atoms with van der Waals surface area (Å²) in [6.07, 6.45) is 1.73. The fourth-order valence-corrected chi connectivity index (χ4v) is 3.95. The van der Waals surface area contributed by atoms with Crippen LogP contribution in [0.4, 0.5) is 10.5 Å². The molecule has 3 aromatic rings. The number of urea groups is 1. The molecule has 28 heavy (non-hydrogen) atoms. The van der Waals surface area contributed by atoms with Crippen molar-refractivity contribution in [2.24, 2.45) is 0 Å². The zero-order valence-electron chi connectivity index (χ0n) is 15.5. The van der Waals surface area contributed by atoms with Crippen molar-refractivity contribution in [3.8, 4) is 5.75 Å². The number of fused-ring (bicyclic) bond motifs is 1. The summed E-state index contributed by atoms with van der Waals surface area (Å²) in [5.74, 6) is 0.703. The van der Waals surface area contributed by atoms with Crippen molar-refractivity contribution >= 4 is 28.0 Å². The molecule has 4 rings (SSSR count). The molecule has 0 saturated carbocycles. The molecule has 1 N–H and O–H groups in total. The highest BCUT2D eigenvalue weighted by Gasteiger charge is 2.22. The highest BCUT2D eigenvalue weighted by molar-refractivity contribution is 7.15. The van der Waals surface area contributed by atoms with Crippen molar-refractivity contribution in [3.63, 3.8) is 0 Å². The molecule has 8 nitrogen and oxygen atoms in total. The first-order valence-electron chi connectivity index (χ1n) is 9.00. The average Bonchev–Trinajstić information content (AvgIpc) is 3.18. The maximum atomic E-state index is 12.5. The van der Waals surface area contributed by atoms with Gasteiger partial charge in [0, 0.05) is 62.1 Å². The van der Waals surface area contributed by atoms with Crippen LogP contribution in [0.2, 0.25) is 0 Å². The Morgan fingerprint density at radius 1 is 1.25 bits per heavy atom. The van der Waals surface area contributed by atoms with Crippen LogP contribution in [0.25, 0.3) is 4.96 Å². The molecule has 1 aliphatic rings. The van der Waals surface area contributed by atoms with Gasteiger partial charge in [0.05, 0.1) is 12.8 Å². The Labute approximate surface area is 166 Å². The summed E-state index contributed by atoms with van der Waals surface area (Å²) in [6.45, 7) is 3.31. The lowest BCUT2D eigenvalue weighted by atomic mass is 10.3. The van der Waals surface area contributed by atoms with E-state index in [1.807, 2.05) is 23.6 Å². The number of anilines is 1. The van der Waals surface area contributed by atoms with E-state index in [2.05, 4.69) is 15.2 Å². The van der Waals surface area contributed by atoms with Crippen molar-refractivity contribution < 1.29 is 9.53 Å². The Kier molecular flexibility index (Phi) is 5.27. The van der Waals surface area contributed by atoms with Crippen LogP contribution in [0.5, 0.6) is 5.75 Å². The number of hydrogen-bond acceptors (Lipinski definition) is 6. The van der Waals surface area contributed by atoms with Gasteiger partial charge in [-0.3, -0.25) is 14.1 Å². The highest BCUT2D eigenvalue weighted by atomic mass is 32.1. The van der Waals surface area contributed by atoms with Gasteiger partial charge in [0.1, 0.15) is 5.75 Å². The SMILES string of the molecule is COc1cccc(NC(=O)N2CCN(Cc3cc(=O)n4ccsc4n3)CC2)c1. The third-order valence-electron chi connectivity index (χ3n) is 4.72. The van der Waals surface area contributed by atoms with Crippen LogP contribution in [0.1, 0.15) is 5.69 Å². The number of thiazole rings is 1.